The van der Waals surface area contributed by atoms with E-state index in [1.54, 1.807) is 43.1 Å². The van der Waals surface area contributed by atoms with Gasteiger partial charge in [-0.05, 0) is 43.5 Å². The number of nitrogens with zero attached hydrogens (tertiary/aromatic N) is 3. The van der Waals surface area contributed by atoms with Crippen LogP contribution in [-0.4, -0.2) is 33.0 Å². The number of carbonyl (C=O) groups is 1. The number of ether oxygens (including phenoxy) is 1. The average Bonchev–Trinajstić information content (AvgIpc) is 3.14. The molecule has 0 saturated heterocycles. The van der Waals surface area contributed by atoms with Crippen LogP contribution in [0.2, 0.25) is 0 Å². The molecule has 152 valence electrons. The Balaban J connectivity index is 1.73. The first kappa shape index (κ1) is 20.7. The molecule has 6 nitrogen and oxygen atoms in total. The summed E-state index contributed by atoms with van der Waals surface area (Å²) in [6, 6.07) is 7.55. The van der Waals surface area contributed by atoms with E-state index in [0.29, 0.717) is 23.4 Å². The first-order chi connectivity index (χ1) is 13.6. The highest BCUT2D eigenvalue weighted by Crippen LogP contribution is 2.34. The SMILES string of the molecule is CCC(C)Sc1nnc(CNC(=O)c2ccc(OC)cc2)n1C1CCCCC1. The molecule has 1 saturated carbocycles. The highest BCUT2D eigenvalue weighted by molar-refractivity contribution is 7.99. The second kappa shape index (κ2) is 9.96. The van der Waals surface area contributed by atoms with Gasteiger partial charge >= 0.3 is 0 Å². The van der Waals surface area contributed by atoms with Crippen LogP contribution in [0.4, 0.5) is 0 Å². The fraction of sp³-hybridized carbons (Fsp3) is 0.571. The molecule has 1 aliphatic rings. The molecule has 1 amide bonds. The number of carbonyl (C=O) groups excluding carboxylic acids is 1. The number of nitrogens with one attached hydrogen (secondary N) is 1. The van der Waals surface area contributed by atoms with E-state index < -0.39 is 0 Å². The van der Waals surface area contributed by atoms with Crippen molar-refractivity contribution in [1.29, 1.82) is 0 Å². The van der Waals surface area contributed by atoms with E-state index in [4.69, 9.17) is 4.74 Å². The largest absolute Gasteiger partial charge is 0.497 e. The van der Waals surface area contributed by atoms with E-state index in [-0.39, 0.29) is 5.91 Å². The predicted molar refractivity (Wildman–Crippen MR) is 112 cm³/mol. The number of amides is 1. The van der Waals surface area contributed by atoms with Gasteiger partial charge in [-0.3, -0.25) is 4.79 Å². The number of rotatable bonds is 8. The molecule has 3 rings (SSSR count). The lowest BCUT2D eigenvalue weighted by atomic mass is 9.95. The first-order valence-corrected chi connectivity index (χ1v) is 11.0. The molecular formula is C21H30N4O2S. The average molecular weight is 403 g/mol. The molecule has 7 heteroatoms. The summed E-state index contributed by atoms with van der Waals surface area (Å²) in [5.74, 6) is 1.47. The third-order valence-corrected chi connectivity index (χ3v) is 6.54. The standard InChI is InChI=1S/C21H30N4O2S/c1-4-15(2)28-21-24-23-19(25(21)17-8-6-5-7-9-17)14-22-20(26)16-10-12-18(27-3)13-11-16/h10-13,15,17H,4-9,14H2,1-3H3,(H,22,26). The molecule has 1 heterocycles. The van der Waals surface area contributed by atoms with Gasteiger partial charge in [-0.15, -0.1) is 10.2 Å². The van der Waals surface area contributed by atoms with E-state index in [9.17, 15) is 4.79 Å². The molecule has 1 fully saturated rings. The Morgan fingerprint density at radius 1 is 1.25 bits per heavy atom. The smallest absolute Gasteiger partial charge is 0.251 e. The minimum Gasteiger partial charge on any atom is -0.497 e. The summed E-state index contributed by atoms with van der Waals surface area (Å²) in [5, 5.41) is 13.4. The quantitative estimate of drug-likeness (QED) is 0.653. The van der Waals surface area contributed by atoms with Crippen molar-refractivity contribution in [1.82, 2.24) is 20.1 Å². The van der Waals surface area contributed by atoms with Gasteiger partial charge in [0.15, 0.2) is 11.0 Å². The van der Waals surface area contributed by atoms with Crippen LogP contribution in [0.3, 0.4) is 0 Å². The minimum absolute atomic E-state index is 0.114. The van der Waals surface area contributed by atoms with Crippen molar-refractivity contribution >= 4 is 17.7 Å². The number of thioether (sulfide) groups is 1. The molecule has 1 N–H and O–H groups in total. The molecule has 1 aromatic heterocycles. The lowest BCUT2D eigenvalue weighted by Gasteiger charge is -2.26. The van der Waals surface area contributed by atoms with Crippen LogP contribution in [0, 0.1) is 0 Å². The molecule has 0 bridgehead atoms. The van der Waals surface area contributed by atoms with Gasteiger partial charge in [0.25, 0.3) is 5.91 Å². The Bertz CT molecular complexity index is 769. The van der Waals surface area contributed by atoms with Crippen LogP contribution in [0.1, 0.15) is 74.6 Å². The highest BCUT2D eigenvalue weighted by atomic mass is 32.2. The van der Waals surface area contributed by atoms with Gasteiger partial charge in [-0.2, -0.15) is 0 Å². The summed E-state index contributed by atoms with van der Waals surface area (Å²) < 4.78 is 7.43. The van der Waals surface area contributed by atoms with Crippen molar-refractivity contribution < 1.29 is 9.53 Å². The number of aromatic nitrogens is 3. The zero-order valence-corrected chi connectivity index (χ0v) is 17.8. The van der Waals surface area contributed by atoms with Crippen LogP contribution in [0.25, 0.3) is 0 Å². The molecule has 2 aromatic rings. The van der Waals surface area contributed by atoms with Crippen LogP contribution < -0.4 is 10.1 Å². The molecule has 1 unspecified atom stereocenters. The van der Waals surface area contributed by atoms with Crippen molar-refractivity contribution in [3.05, 3.63) is 35.7 Å². The maximum absolute atomic E-state index is 12.5. The third-order valence-electron chi connectivity index (χ3n) is 5.32. The fourth-order valence-electron chi connectivity index (χ4n) is 3.48. The molecular weight excluding hydrogens is 372 g/mol. The third kappa shape index (κ3) is 5.07. The molecule has 1 aliphatic carbocycles. The molecule has 0 spiro atoms. The van der Waals surface area contributed by atoms with Crippen molar-refractivity contribution in [2.75, 3.05) is 7.11 Å². The van der Waals surface area contributed by atoms with E-state index in [2.05, 4.69) is 33.9 Å². The minimum atomic E-state index is -0.114. The number of hydrogen-bond acceptors (Lipinski definition) is 5. The Labute approximate surface area is 171 Å². The summed E-state index contributed by atoms with van der Waals surface area (Å²) in [6.45, 7) is 4.79. The normalized spacial score (nSPS) is 16.0. The Kier molecular flexibility index (Phi) is 7.36. The number of hydrogen-bond donors (Lipinski definition) is 1. The van der Waals surface area contributed by atoms with Gasteiger partial charge in [0.05, 0.1) is 13.7 Å². The lowest BCUT2D eigenvalue weighted by molar-refractivity contribution is 0.0949. The zero-order chi connectivity index (χ0) is 19.9. The van der Waals surface area contributed by atoms with E-state index in [1.807, 2.05) is 0 Å². The Hall–Kier alpha value is -2.02. The van der Waals surface area contributed by atoms with E-state index in [1.165, 1.54) is 19.3 Å². The van der Waals surface area contributed by atoms with Gasteiger partial charge in [0, 0.05) is 16.9 Å². The van der Waals surface area contributed by atoms with Crippen LogP contribution in [0.15, 0.2) is 29.4 Å². The van der Waals surface area contributed by atoms with Crippen LogP contribution in [-0.2, 0) is 6.54 Å². The lowest BCUT2D eigenvalue weighted by Crippen LogP contribution is -2.26. The van der Waals surface area contributed by atoms with Gasteiger partial charge in [0.2, 0.25) is 0 Å². The second-order valence-corrected chi connectivity index (χ2v) is 8.71. The Morgan fingerprint density at radius 3 is 2.61 bits per heavy atom. The summed E-state index contributed by atoms with van der Waals surface area (Å²) in [7, 11) is 1.61. The fourth-order valence-corrected chi connectivity index (χ4v) is 4.46. The zero-order valence-electron chi connectivity index (χ0n) is 17.0. The van der Waals surface area contributed by atoms with Crippen LogP contribution >= 0.6 is 11.8 Å². The van der Waals surface area contributed by atoms with Gasteiger partial charge in [0.1, 0.15) is 5.75 Å². The topological polar surface area (TPSA) is 69.0 Å². The first-order valence-electron chi connectivity index (χ1n) is 10.1. The monoisotopic (exact) mass is 402 g/mol. The van der Waals surface area contributed by atoms with E-state index in [0.717, 1.165) is 36.0 Å². The summed E-state index contributed by atoms with van der Waals surface area (Å²) in [4.78, 5) is 12.5. The number of methoxy groups -OCH3 is 1. The summed E-state index contributed by atoms with van der Waals surface area (Å²) in [5.41, 5.74) is 0.610. The molecule has 1 atom stereocenters. The molecule has 0 radical (unpaired) electrons. The maximum atomic E-state index is 12.5. The second-order valence-electron chi connectivity index (χ2n) is 7.31. The van der Waals surface area contributed by atoms with E-state index >= 15 is 0 Å². The van der Waals surface area contributed by atoms with Gasteiger partial charge in [-0.25, -0.2) is 0 Å². The van der Waals surface area contributed by atoms with Crippen molar-refractivity contribution in [2.24, 2.45) is 0 Å². The summed E-state index contributed by atoms with van der Waals surface area (Å²) in [6.07, 6.45) is 7.20. The van der Waals surface area contributed by atoms with Crippen molar-refractivity contribution in [3.8, 4) is 5.75 Å². The van der Waals surface area contributed by atoms with Crippen molar-refractivity contribution in [3.63, 3.8) is 0 Å². The summed E-state index contributed by atoms with van der Waals surface area (Å²) >= 11 is 1.78. The van der Waals surface area contributed by atoms with Crippen molar-refractivity contribution in [2.45, 2.75) is 75.4 Å². The van der Waals surface area contributed by atoms with Gasteiger partial charge < -0.3 is 14.6 Å². The molecule has 0 aliphatic heterocycles. The number of benzene rings is 1. The van der Waals surface area contributed by atoms with Crippen LogP contribution in [0.5, 0.6) is 5.75 Å². The van der Waals surface area contributed by atoms with Gasteiger partial charge in [-0.1, -0.05) is 44.9 Å². The Morgan fingerprint density at radius 2 is 1.96 bits per heavy atom. The predicted octanol–water partition coefficient (Wildman–Crippen LogP) is 4.61. The molecule has 1 aromatic carbocycles. The molecule has 28 heavy (non-hydrogen) atoms. The maximum Gasteiger partial charge on any atom is 0.251 e. The highest BCUT2D eigenvalue weighted by Gasteiger charge is 2.24.